The van der Waals surface area contributed by atoms with Gasteiger partial charge in [0, 0.05) is 24.7 Å². The molecule has 2 heterocycles. The average Bonchev–Trinajstić information content (AvgIpc) is 2.66. The van der Waals surface area contributed by atoms with Crippen LogP contribution in [0.4, 0.5) is 0 Å². The van der Waals surface area contributed by atoms with Gasteiger partial charge in [0.05, 0.1) is 5.69 Å². The van der Waals surface area contributed by atoms with Crippen LogP contribution in [0.15, 0.2) is 0 Å². The van der Waals surface area contributed by atoms with Crippen LogP contribution in [0.2, 0.25) is 0 Å². The summed E-state index contributed by atoms with van der Waals surface area (Å²) in [5.41, 5.74) is 8.95. The molecule has 0 saturated carbocycles. The number of nitrogens with two attached hydrogens (primary N) is 1. The molecule has 0 aromatic carbocycles. The summed E-state index contributed by atoms with van der Waals surface area (Å²) < 4.78 is 2.43. The lowest BCUT2D eigenvalue weighted by Gasteiger charge is -2.28. The number of hydrogen-bond donors (Lipinski definition) is 1. The third kappa shape index (κ3) is 1.90. The third-order valence-corrected chi connectivity index (χ3v) is 4.54. The molecule has 1 aliphatic carbocycles. The van der Waals surface area contributed by atoms with Gasteiger partial charge in [0.25, 0.3) is 0 Å². The number of aromatic nitrogens is 2. The van der Waals surface area contributed by atoms with Gasteiger partial charge in [-0.05, 0) is 37.5 Å². The van der Waals surface area contributed by atoms with Crippen molar-refractivity contribution in [2.75, 3.05) is 0 Å². The van der Waals surface area contributed by atoms with E-state index in [2.05, 4.69) is 18.4 Å². The topological polar surface area (TPSA) is 43.8 Å². The van der Waals surface area contributed by atoms with Gasteiger partial charge < -0.3 is 10.3 Å². The molecule has 0 saturated heterocycles. The Morgan fingerprint density at radius 1 is 1.29 bits per heavy atom. The second kappa shape index (κ2) is 4.13. The highest BCUT2D eigenvalue weighted by Gasteiger charge is 2.29. The first kappa shape index (κ1) is 11.3. The molecule has 1 aromatic rings. The maximum absolute atomic E-state index is 6.09. The van der Waals surface area contributed by atoms with Gasteiger partial charge in [-0.15, -0.1) is 0 Å². The predicted octanol–water partition coefficient (Wildman–Crippen LogP) is 1.92. The van der Waals surface area contributed by atoms with Crippen LogP contribution in [0.25, 0.3) is 0 Å². The molecule has 0 radical (unpaired) electrons. The van der Waals surface area contributed by atoms with Gasteiger partial charge in [0.15, 0.2) is 0 Å². The lowest BCUT2D eigenvalue weighted by Crippen LogP contribution is -2.33. The standard InChI is InChI=1S/C14H23N3/c1-9(2)10-3-5-12-13(7-10)17-8-11(15)4-6-14(17)16-12/h9-11H,3-8,15H2,1-2H3. The normalized spacial score (nSPS) is 28.0. The summed E-state index contributed by atoms with van der Waals surface area (Å²) >= 11 is 0. The first-order valence-corrected chi connectivity index (χ1v) is 6.98. The summed E-state index contributed by atoms with van der Waals surface area (Å²) in [6.45, 7) is 5.67. The van der Waals surface area contributed by atoms with Crippen LogP contribution in [0.1, 0.15) is 43.9 Å². The van der Waals surface area contributed by atoms with Gasteiger partial charge in [-0.25, -0.2) is 4.98 Å². The van der Waals surface area contributed by atoms with E-state index in [9.17, 15) is 0 Å². The summed E-state index contributed by atoms with van der Waals surface area (Å²) in [7, 11) is 0. The van der Waals surface area contributed by atoms with Crippen molar-refractivity contribution >= 4 is 0 Å². The van der Waals surface area contributed by atoms with E-state index < -0.39 is 0 Å². The van der Waals surface area contributed by atoms with Crippen LogP contribution in [0.3, 0.4) is 0 Å². The molecule has 3 nitrogen and oxygen atoms in total. The Labute approximate surface area is 103 Å². The highest BCUT2D eigenvalue weighted by atomic mass is 15.1. The molecule has 2 aliphatic rings. The lowest BCUT2D eigenvalue weighted by molar-refractivity contribution is 0.328. The molecule has 0 fully saturated rings. The van der Waals surface area contributed by atoms with Crippen molar-refractivity contribution in [3.63, 3.8) is 0 Å². The molecule has 2 N–H and O–H groups in total. The van der Waals surface area contributed by atoms with E-state index >= 15 is 0 Å². The number of hydrogen-bond acceptors (Lipinski definition) is 2. The zero-order chi connectivity index (χ0) is 12.0. The summed E-state index contributed by atoms with van der Waals surface area (Å²) in [4.78, 5) is 4.83. The van der Waals surface area contributed by atoms with E-state index in [1.54, 1.807) is 0 Å². The minimum atomic E-state index is 0.334. The van der Waals surface area contributed by atoms with Crippen LogP contribution in [-0.4, -0.2) is 15.6 Å². The highest BCUT2D eigenvalue weighted by molar-refractivity contribution is 5.22. The van der Waals surface area contributed by atoms with Crippen LogP contribution >= 0.6 is 0 Å². The predicted molar refractivity (Wildman–Crippen MR) is 68.9 cm³/mol. The molecular weight excluding hydrogens is 210 g/mol. The average molecular weight is 233 g/mol. The Morgan fingerprint density at radius 2 is 2.12 bits per heavy atom. The maximum Gasteiger partial charge on any atom is 0.109 e. The van der Waals surface area contributed by atoms with E-state index in [-0.39, 0.29) is 0 Å². The number of aryl methyl sites for hydroxylation is 2. The number of fused-ring (bicyclic) bond motifs is 3. The minimum Gasteiger partial charge on any atom is -0.330 e. The fraction of sp³-hybridized carbons (Fsp3) is 0.786. The van der Waals surface area contributed by atoms with Crippen molar-refractivity contribution in [3.05, 3.63) is 17.2 Å². The first-order valence-electron chi connectivity index (χ1n) is 6.98. The second-order valence-corrected chi connectivity index (χ2v) is 6.08. The lowest BCUT2D eigenvalue weighted by atomic mass is 9.82. The molecule has 1 aliphatic heterocycles. The van der Waals surface area contributed by atoms with E-state index in [4.69, 9.17) is 10.7 Å². The molecule has 2 atom stereocenters. The summed E-state index contributed by atoms with van der Waals surface area (Å²) in [6, 6.07) is 0.334. The molecule has 0 spiro atoms. The van der Waals surface area contributed by atoms with Gasteiger partial charge in [-0.1, -0.05) is 13.8 Å². The summed E-state index contributed by atoms with van der Waals surface area (Å²) in [6.07, 6.45) is 5.87. The fourth-order valence-corrected chi connectivity index (χ4v) is 3.31. The third-order valence-electron chi connectivity index (χ3n) is 4.54. The van der Waals surface area contributed by atoms with Gasteiger partial charge >= 0.3 is 0 Å². The van der Waals surface area contributed by atoms with Crippen LogP contribution in [0.5, 0.6) is 0 Å². The monoisotopic (exact) mass is 233 g/mol. The van der Waals surface area contributed by atoms with Gasteiger partial charge in [0.1, 0.15) is 5.82 Å². The van der Waals surface area contributed by atoms with Crippen LogP contribution in [0, 0.1) is 11.8 Å². The summed E-state index contributed by atoms with van der Waals surface area (Å²) in [5.74, 6) is 2.91. The van der Waals surface area contributed by atoms with Crippen LogP contribution < -0.4 is 5.73 Å². The number of imidazole rings is 1. The molecule has 2 unspecified atom stereocenters. The first-order chi connectivity index (χ1) is 8.15. The Bertz CT molecular complexity index is 419. The van der Waals surface area contributed by atoms with Gasteiger partial charge in [-0.3, -0.25) is 0 Å². The molecule has 94 valence electrons. The van der Waals surface area contributed by atoms with Crippen molar-refractivity contribution in [2.45, 2.75) is 58.5 Å². The van der Waals surface area contributed by atoms with Crippen molar-refractivity contribution in [1.82, 2.24) is 9.55 Å². The Morgan fingerprint density at radius 3 is 2.88 bits per heavy atom. The molecule has 17 heavy (non-hydrogen) atoms. The van der Waals surface area contributed by atoms with Crippen molar-refractivity contribution in [1.29, 1.82) is 0 Å². The minimum absolute atomic E-state index is 0.334. The second-order valence-electron chi connectivity index (χ2n) is 6.08. The quantitative estimate of drug-likeness (QED) is 0.805. The molecule has 3 heteroatoms. The van der Waals surface area contributed by atoms with Crippen molar-refractivity contribution in [3.8, 4) is 0 Å². The molecule has 3 rings (SSSR count). The molecule has 1 aromatic heterocycles. The smallest absolute Gasteiger partial charge is 0.109 e. The van der Waals surface area contributed by atoms with E-state index in [0.29, 0.717) is 6.04 Å². The fourth-order valence-electron chi connectivity index (χ4n) is 3.31. The number of rotatable bonds is 1. The summed E-state index contributed by atoms with van der Waals surface area (Å²) in [5, 5.41) is 0. The zero-order valence-corrected chi connectivity index (χ0v) is 10.9. The number of nitrogens with zero attached hydrogens (tertiary/aromatic N) is 2. The zero-order valence-electron chi connectivity index (χ0n) is 10.9. The van der Waals surface area contributed by atoms with E-state index in [1.807, 2.05) is 0 Å². The SMILES string of the molecule is CC(C)C1CCc2nc3n(c2C1)CC(N)CC3. The van der Waals surface area contributed by atoms with Crippen molar-refractivity contribution in [2.24, 2.45) is 17.6 Å². The Kier molecular flexibility index (Phi) is 2.74. The Hall–Kier alpha value is -0.830. The van der Waals surface area contributed by atoms with Gasteiger partial charge in [0.2, 0.25) is 0 Å². The van der Waals surface area contributed by atoms with E-state index in [0.717, 1.165) is 31.2 Å². The van der Waals surface area contributed by atoms with Crippen molar-refractivity contribution < 1.29 is 0 Å². The highest BCUT2D eigenvalue weighted by Crippen LogP contribution is 2.32. The van der Waals surface area contributed by atoms with E-state index in [1.165, 1.54) is 36.5 Å². The largest absolute Gasteiger partial charge is 0.330 e. The Balaban J connectivity index is 1.93. The maximum atomic E-state index is 6.09. The van der Waals surface area contributed by atoms with Gasteiger partial charge in [-0.2, -0.15) is 0 Å². The molecule has 0 bridgehead atoms. The molecule has 0 amide bonds. The van der Waals surface area contributed by atoms with Crippen LogP contribution in [-0.2, 0) is 25.8 Å². The molecular formula is C14H23N3.